The molecule has 0 aromatic heterocycles. The van der Waals surface area contributed by atoms with Gasteiger partial charge in [0.15, 0.2) is 0 Å². The van der Waals surface area contributed by atoms with E-state index < -0.39 is 0 Å². The van der Waals surface area contributed by atoms with E-state index >= 15 is 0 Å². The van der Waals surface area contributed by atoms with Crippen LogP contribution in [0.1, 0.15) is 47.5 Å². The van der Waals surface area contributed by atoms with Crippen LogP contribution in [0.15, 0.2) is 0 Å². The molecule has 2 radical (unpaired) electrons. The van der Waals surface area contributed by atoms with Crippen molar-refractivity contribution in [3.63, 3.8) is 0 Å². The summed E-state index contributed by atoms with van der Waals surface area (Å²) in [6, 6.07) is 0. The van der Waals surface area contributed by atoms with E-state index in [1.54, 1.807) is 0 Å². The zero-order chi connectivity index (χ0) is 11.4. The van der Waals surface area contributed by atoms with E-state index in [1.165, 1.54) is 43.5 Å². The van der Waals surface area contributed by atoms with Gasteiger partial charge in [-0.2, -0.15) is 0 Å². The molecule has 0 saturated carbocycles. The minimum absolute atomic E-state index is 0.844. The first-order valence-electron chi connectivity index (χ1n) is 6.21. The summed E-state index contributed by atoms with van der Waals surface area (Å²) < 4.78 is 1.28. The van der Waals surface area contributed by atoms with E-state index in [0.29, 0.717) is 0 Å². The molecule has 14 heavy (non-hydrogen) atoms. The molecule has 0 amide bonds. The molecule has 0 N–H and O–H groups in total. The highest BCUT2D eigenvalue weighted by Crippen LogP contribution is 2.03. The second kappa shape index (κ2) is 11.1. The summed E-state index contributed by atoms with van der Waals surface area (Å²) in [7, 11) is 5.14. The number of quaternary nitrogens is 1. The summed E-state index contributed by atoms with van der Waals surface area (Å²) in [6.07, 6.45) is 3.23. The first-order valence-corrected chi connectivity index (χ1v) is 6.21. The lowest BCUT2D eigenvalue weighted by molar-refractivity contribution is -0.921. The van der Waals surface area contributed by atoms with Gasteiger partial charge in [0.1, 0.15) is 0 Å². The molecular formula is C12H29BN+. The molecule has 0 heterocycles. The van der Waals surface area contributed by atoms with Gasteiger partial charge in [0.2, 0.25) is 0 Å². The van der Waals surface area contributed by atoms with Crippen molar-refractivity contribution in [3.8, 4) is 0 Å². The van der Waals surface area contributed by atoms with Gasteiger partial charge in [0.25, 0.3) is 0 Å². The molecule has 84 valence electrons. The summed E-state index contributed by atoms with van der Waals surface area (Å²) in [5.74, 6) is 0. The molecule has 1 nitrogen and oxygen atoms in total. The molecular weight excluding hydrogens is 169 g/mol. The summed E-state index contributed by atoms with van der Waals surface area (Å²) in [6.45, 7) is 16.4. The lowest BCUT2D eigenvalue weighted by Crippen LogP contribution is -2.47. The second-order valence-electron chi connectivity index (χ2n) is 3.75. The van der Waals surface area contributed by atoms with Crippen LogP contribution in [0, 0.1) is 0 Å². The van der Waals surface area contributed by atoms with Crippen LogP contribution in [0.4, 0.5) is 0 Å². The van der Waals surface area contributed by atoms with Crippen molar-refractivity contribution in [2.75, 3.05) is 26.2 Å². The third-order valence-corrected chi connectivity index (χ3v) is 3.24. The van der Waals surface area contributed by atoms with Crippen LogP contribution in [0.2, 0.25) is 6.32 Å². The largest absolute Gasteiger partial charge is 0.325 e. The van der Waals surface area contributed by atoms with Crippen LogP contribution in [0.5, 0.6) is 0 Å². The molecule has 0 atom stereocenters. The Labute approximate surface area is 92.9 Å². The number of unbranched alkanes of at least 4 members (excludes halogenated alkanes) is 1. The number of hydrogen-bond acceptors (Lipinski definition) is 0. The second-order valence-corrected chi connectivity index (χ2v) is 3.75. The Balaban J connectivity index is 0. The fraction of sp³-hybridized carbons (Fsp3) is 1.00. The maximum Gasteiger partial charge on any atom is 0.0757 e. The van der Waals surface area contributed by atoms with Gasteiger partial charge in [-0.1, -0.05) is 26.1 Å². The van der Waals surface area contributed by atoms with Crippen LogP contribution < -0.4 is 0 Å². The van der Waals surface area contributed by atoms with Crippen molar-refractivity contribution < 1.29 is 4.48 Å². The molecule has 2 heteroatoms. The highest BCUT2D eigenvalue weighted by molar-refractivity contribution is 6.08. The topological polar surface area (TPSA) is 0 Å². The summed E-state index contributed by atoms with van der Waals surface area (Å²) >= 11 is 0. The molecule has 0 saturated heterocycles. The molecule has 0 fully saturated rings. The van der Waals surface area contributed by atoms with Crippen molar-refractivity contribution in [2.24, 2.45) is 0 Å². The Morgan fingerprint density at radius 3 is 1.14 bits per heavy atom. The zero-order valence-electron chi connectivity index (χ0n) is 11.0. The third-order valence-electron chi connectivity index (χ3n) is 3.24. The summed E-state index contributed by atoms with van der Waals surface area (Å²) in [4.78, 5) is 0. The van der Waals surface area contributed by atoms with Crippen LogP contribution in [0.3, 0.4) is 0 Å². The maximum absolute atomic E-state index is 5.14. The van der Waals surface area contributed by atoms with Crippen molar-refractivity contribution >= 4 is 7.85 Å². The van der Waals surface area contributed by atoms with Gasteiger partial charge in [-0.25, -0.2) is 0 Å². The first kappa shape index (κ1) is 16.5. The standard InChI is InChI=1S/C8H20N.C4H9B/c1-5-9(6-2,7-3)8-4;1-2-3-4-5/h5-8H2,1-4H3;2-4H2,1H3/q+1;. The molecule has 0 aliphatic carbocycles. The predicted octanol–water partition coefficient (Wildman–Crippen LogP) is 3.26. The molecule has 0 rings (SSSR count). The smallest absolute Gasteiger partial charge is 0.0757 e. The Bertz CT molecular complexity index is 81.0. The molecule has 0 aliphatic heterocycles. The van der Waals surface area contributed by atoms with Gasteiger partial charge in [0, 0.05) is 0 Å². The lowest BCUT2D eigenvalue weighted by atomic mass is 10.0. The highest BCUT2D eigenvalue weighted by Gasteiger charge is 2.16. The number of nitrogens with zero attached hydrogens (tertiary/aromatic N) is 1. The van der Waals surface area contributed by atoms with Crippen LogP contribution in [0.25, 0.3) is 0 Å². The van der Waals surface area contributed by atoms with Crippen molar-refractivity contribution in [3.05, 3.63) is 0 Å². The minimum atomic E-state index is 0.844. The quantitative estimate of drug-likeness (QED) is 0.454. The van der Waals surface area contributed by atoms with E-state index in [-0.39, 0.29) is 0 Å². The molecule has 0 bridgehead atoms. The minimum Gasteiger partial charge on any atom is -0.325 e. The van der Waals surface area contributed by atoms with E-state index in [9.17, 15) is 0 Å². The third kappa shape index (κ3) is 7.43. The van der Waals surface area contributed by atoms with E-state index in [4.69, 9.17) is 7.85 Å². The average molecular weight is 198 g/mol. The molecule has 0 aliphatic rings. The van der Waals surface area contributed by atoms with Gasteiger partial charge in [-0.3, -0.25) is 0 Å². The molecule has 0 unspecified atom stereocenters. The number of rotatable bonds is 6. The van der Waals surface area contributed by atoms with Gasteiger partial charge in [-0.05, 0) is 27.7 Å². The fourth-order valence-electron chi connectivity index (χ4n) is 1.55. The zero-order valence-corrected chi connectivity index (χ0v) is 11.0. The predicted molar refractivity (Wildman–Crippen MR) is 67.9 cm³/mol. The van der Waals surface area contributed by atoms with Crippen molar-refractivity contribution in [1.29, 1.82) is 0 Å². The maximum atomic E-state index is 5.14. The van der Waals surface area contributed by atoms with Gasteiger partial charge >= 0.3 is 0 Å². The van der Waals surface area contributed by atoms with Gasteiger partial charge in [-0.15, -0.1) is 0 Å². The van der Waals surface area contributed by atoms with Crippen LogP contribution in [-0.4, -0.2) is 38.5 Å². The fourth-order valence-corrected chi connectivity index (χ4v) is 1.55. The Morgan fingerprint density at radius 1 is 0.786 bits per heavy atom. The van der Waals surface area contributed by atoms with E-state index in [2.05, 4.69) is 34.6 Å². The van der Waals surface area contributed by atoms with Crippen LogP contribution >= 0.6 is 0 Å². The average Bonchev–Trinajstić information content (AvgIpc) is 2.24. The molecule has 0 spiro atoms. The normalized spacial score (nSPS) is 10.6. The highest BCUT2D eigenvalue weighted by atomic mass is 15.3. The number of hydrogen-bond donors (Lipinski definition) is 0. The van der Waals surface area contributed by atoms with Crippen molar-refractivity contribution in [1.82, 2.24) is 0 Å². The lowest BCUT2D eigenvalue weighted by Gasteiger charge is -2.34. The monoisotopic (exact) mass is 198 g/mol. The summed E-state index contributed by atoms with van der Waals surface area (Å²) in [5, 5.41) is 0. The van der Waals surface area contributed by atoms with Gasteiger partial charge in [0.05, 0.1) is 34.0 Å². The van der Waals surface area contributed by atoms with Crippen molar-refractivity contribution in [2.45, 2.75) is 53.8 Å². The van der Waals surface area contributed by atoms with E-state index in [1.807, 2.05) is 0 Å². The van der Waals surface area contributed by atoms with Crippen LogP contribution in [-0.2, 0) is 0 Å². The molecule has 0 aromatic rings. The Kier molecular flexibility index (Phi) is 13.0. The Morgan fingerprint density at radius 2 is 1.14 bits per heavy atom. The van der Waals surface area contributed by atoms with E-state index in [0.717, 1.165) is 6.32 Å². The summed E-state index contributed by atoms with van der Waals surface area (Å²) in [5.41, 5.74) is 0. The molecule has 0 aromatic carbocycles. The first-order chi connectivity index (χ1) is 6.66. The Hall–Kier alpha value is 0.0249. The van der Waals surface area contributed by atoms with Gasteiger partial charge < -0.3 is 4.48 Å². The SMILES string of the molecule is CC[N+](CC)(CC)CC.[B]CCCC.